The largest absolute Gasteiger partial charge is 0.307 e. The lowest BCUT2D eigenvalue weighted by Gasteiger charge is -2.61. The maximum absolute atomic E-state index is 12.6. The van der Waals surface area contributed by atoms with Gasteiger partial charge in [0, 0.05) is 34.1 Å². The maximum Gasteiger partial charge on any atom is 0.295 e. The van der Waals surface area contributed by atoms with E-state index in [-0.39, 0.29) is 59.0 Å². The van der Waals surface area contributed by atoms with Gasteiger partial charge < -0.3 is 9.68 Å². The van der Waals surface area contributed by atoms with Crippen LogP contribution in [0.1, 0.15) is 88.2 Å². The van der Waals surface area contributed by atoms with Crippen molar-refractivity contribution in [2.75, 3.05) is 0 Å². The van der Waals surface area contributed by atoms with E-state index in [1.54, 1.807) is 0 Å². The van der Waals surface area contributed by atoms with Gasteiger partial charge in [-0.2, -0.15) is 0 Å². The summed E-state index contributed by atoms with van der Waals surface area (Å²) in [6.45, 7) is 0. The highest BCUT2D eigenvalue weighted by Gasteiger charge is 2.64. The van der Waals surface area contributed by atoms with Crippen LogP contribution in [0.2, 0.25) is 0 Å². The SMILES string of the molecule is O=[N+]([O-])OC12CC3CC(C1)CC(c1cc([N+](=O)[O-])c(C45CC6CC(CC(O[N+](=O)[O-])(C6)C4)C5)cc1[N+](=O)[O-])(C3)C2. The van der Waals surface area contributed by atoms with E-state index in [4.69, 9.17) is 9.68 Å². The maximum atomic E-state index is 12.6. The van der Waals surface area contributed by atoms with E-state index in [9.17, 15) is 40.5 Å². The minimum Gasteiger partial charge on any atom is -0.307 e. The number of hydrogen-bond donors (Lipinski definition) is 0. The molecule has 0 saturated heterocycles. The van der Waals surface area contributed by atoms with Crippen LogP contribution in [0.4, 0.5) is 11.4 Å². The van der Waals surface area contributed by atoms with Gasteiger partial charge in [0.1, 0.15) is 11.2 Å². The van der Waals surface area contributed by atoms with Gasteiger partial charge in [-0.25, -0.2) is 0 Å². The molecule has 14 heteroatoms. The zero-order valence-electron chi connectivity index (χ0n) is 21.8. The number of hydrogen-bond acceptors (Lipinski definition) is 10. The normalized spacial score (nSPS) is 42.0. The molecule has 0 aromatic heterocycles. The van der Waals surface area contributed by atoms with E-state index < -0.39 is 42.1 Å². The number of benzene rings is 1. The highest BCUT2D eigenvalue weighted by atomic mass is 17.0. The van der Waals surface area contributed by atoms with Crippen LogP contribution in [-0.2, 0) is 20.5 Å². The van der Waals surface area contributed by atoms with E-state index in [2.05, 4.69) is 0 Å². The minimum atomic E-state index is -1.04. The molecule has 4 unspecified atom stereocenters. The molecule has 0 radical (unpaired) electrons. The average Bonchev–Trinajstić information content (AvgIpc) is 2.79. The van der Waals surface area contributed by atoms with Crippen LogP contribution in [0.25, 0.3) is 0 Å². The molecule has 14 nitrogen and oxygen atoms in total. The third kappa shape index (κ3) is 3.66. The van der Waals surface area contributed by atoms with E-state index in [1.165, 1.54) is 12.1 Å². The smallest absolute Gasteiger partial charge is 0.295 e. The van der Waals surface area contributed by atoms with E-state index in [1.807, 2.05) is 0 Å². The highest BCUT2D eigenvalue weighted by Crippen LogP contribution is 2.67. The molecule has 0 amide bonds. The second-order valence-electron chi connectivity index (χ2n) is 13.9. The molecule has 4 atom stereocenters. The molecule has 40 heavy (non-hydrogen) atoms. The second-order valence-corrected chi connectivity index (χ2v) is 13.9. The van der Waals surface area contributed by atoms with Gasteiger partial charge in [-0.15, -0.1) is 20.2 Å². The summed E-state index contributed by atoms with van der Waals surface area (Å²) in [5, 5.41) is 46.5. The number of rotatable bonds is 8. The first-order valence-electron chi connectivity index (χ1n) is 14.0. The zero-order valence-corrected chi connectivity index (χ0v) is 21.8. The molecule has 214 valence electrons. The Morgan fingerprint density at radius 2 is 0.900 bits per heavy atom. The van der Waals surface area contributed by atoms with Crippen LogP contribution in [0.5, 0.6) is 0 Å². The van der Waals surface area contributed by atoms with Gasteiger partial charge in [0.25, 0.3) is 21.5 Å². The van der Waals surface area contributed by atoms with Crippen molar-refractivity contribution in [3.8, 4) is 0 Å². The van der Waals surface area contributed by atoms with Crippen molar-refractivity contribution >= 4 is 11.4 Å². The van der Waals surface area contributed by atoms with Crippen molar-refractivity contribution in [2.45, 2.75) is 99.1 Å². The van der Waals surface area contributed by atoms with Crippen LogP contribution in [0.15, 0.2) is 12.1 Å². The van der Waals surface area contributed by atoms with Gasteiger partial charge >= 0.3 is 0 Å². The zero-order chi connectivity index (χ0) is 28.2. The molecule has 0 aliphatic heterocycles. The summed E-state index contributed by atoms with van der Waals surface area (Å²) in [5.41, 5.74) is -3.63. The Morgan fingerprint density at radius 1 is 0.575 bits per heavy atom. The second kappa shape index (κ2) is 8.00. The predicted molar refractivity (Wildman–Crippen MR) is 134 cm³/mol. The summed E-state index contributed by atoms with van der Waals surface area (Å²) in [6, 6.07) is 2.72. The lowest BCUT2D eigenvalue weighted by Crippen LogP contribution is -2.59. The van der Waals surface area contributed by atoms with Gasteiger partial charge in [0.15, 0.2) is 0 Å². The van der Waals surface area contributed by atoms with Gasteiger partial charge in [-0.1, -0.05) is 0 Å². The Kier molecular flexibility index (Phi) is 5.08. The molecule has 9 rings (SSSR count). The molecule has 8 saturated carbocycles. The summed E-state index contributed by atoms with van der Waals surface area (Å²) >= 11 is 0. The molecule has 1 aromatic rings. The molecule has 8 aliphatic rings. The van der Waals surface area contributed by atoms with E-state index in [0.29, 0.717) is 51.4 Å². The summed E-state index contributed by atoms with van der Waals surface area (Å²) in [5.74, 6) is 0.340. The van der Waals surface area contributed by atoms with Crippen LogP contribution >= 0.6 is 0 Å². The van der Waals surface area contributed by atoms with Gasteiger partial charge in [0.2, 0.25) is 0 Å². The Morgan fingerprint density at radius 3 is 1.18 bits per heavy atom. The van der Waals surface area contributed by atoms with Crippen molar-refractivity contribution in [1.29, 1.82) is 0 Å². The topological polar surface area (TPSA) is 191 Å². The first-order chi connectivity index (χ1) is 18.8. The molecular weight excluding hydrogens is 528 g/mol. The molecule has 8 bridgehead atoms. The van der Waals surface area contributed by atoms with Crippen LogP contribution in [-0.4, -0.2) is 31.2 Å². The number of nitro groups is 2. The first kappa shape index (κ1) is 25.4. The van der Waals surface area contributed by atoms with Crippen molar-refractivity contribution in [3.05, 3.63) is 63.7 Å². The van der Waals surface area contributed by atoms with Gasteiger partial charge in [0.05, 0.1) is 9.85 Å². The van der Waals surface area contributed by atoms with Gasteiger partial charge in [-0.3, -0.25) is 20.2 Å². The number of nitrogens with zero attached hydrogens (tertiary/aromatic N) is 4. The fourth-order valence-electron chi connectivity index (χ4n) is 11.2. The fourth-order valence-corrected chi connectivity index (χ4v) is 11.2. The van der Waals surface area contributed by atoms with Crippen molar-refractivity contribution in [3.63, 3.8) is 0 Å². The Bertz CT molecular complexity index is 1230. The van der Waals surface area contributed by atoms with Crippen molar-refractivity contribution < 1.29 is 29.7 Å². The van der Waals surface area contributed by atoms with Crippen LogP contribution < -0.4 is 0 Å². The molecule has 1 aromatic carbocycles. The lowest BCUT2D eigenvalue weighted by atomic mass is 9.45. The molecule has 0 heterocycles. The fraction of sp³-hybridized carbons (Fsp3) is 0.769. The average molecular weight is 559 g/mol. The molecule has 8 aliphatic carbocycles. The summed E-state index contributed by atoms with van der Waals surface area (Å²) in [6.07, 6.45) is 6.44. The van der Waals surface area contributed by atoms with Crippen LogP contribution in [0.3, 0.4) is 0 Å². The molecule has 0 spiro atoms. The Hall–Kier alpha value is -3.58. The summed E-state index contributed by atoms with van der Waals surface area (Å²) in [7, 11) is 0. The lowest BCUT2D eigenvalue weighted by molar-refractivity contribution is -0.785. The summed E-state index contributed by atoms with van der Waals surface area (Å²) in [4.78, 5) is 57.6. The summed E-state index contributed by atoms with van der Waals surface area (Å²) < 4.78 is 0. The minimum absolute atomic E-state index is 0.0850. The Balaban J connectivity index is 1.37. The molecular formula is C26H30N4O10. The molecule has 8 fully saturated rings. The predicted octanol–water partition coefficient (Wildman–Crippen LogP) is 5.10. The monoisotopic (exact) mass is 558 g/mol. The van der Waals surface area contributed by atoms with Crippen molar-refractivity contribution in [2.24, 2.45) is 23.7 Å². The van der Waals surface area contributed by atoms with Crippen molar-refractivity contribution in [1.82, 2.24) is 0 Å². The van der Waals surface area contributed by atoms with Crippen LogP contribution in [0, 0.1) is 64.1 Å². The third-order valence-corrected chi connectivity index (χ3v) is 11.2. The first-order valence-corrected chi connectivity index (χ1v) is 14.0. The Labute approximate surface area is 227 Å². The quantitative estimate of drug-likeness (QED) is 0.306. The highest BCUT2D eigenvalue weighted by molar-refractivity contribution is 5.60. The number of nitro benzene ring substituents is 2. The van der Waals surface area contributed by atoms with Gasteiger partial charge in [-0.05, 0) is 101 Å². The van der Waals surface area contributed by atoms with E-state index in [0.717, 1.165) is 12.8 Å². The standard InChI is InChI=1S/C26H30N4O10/c31-27(32)21-4-20(24-7-17-2-18(8-24)12-26(11-17,14-24)40-30(37)38)22(28(33)34)3-19(21)23-5-15-1-16(6-23)10-25(9-15,13-23)39-29(35)36/h3-4,15-18H,1-2,5-14H2. The molecule has 0 N–H and O–H groups in total. The third-order valence-electron chi connectivity index (χ3n) is 11.2. The van der Waals surface area contributed by atoms with E-state index >= 15 is 0 Å².